The van der Waals surface area contributed by atoms with Gasteiger partial charge in [-0.25, -0.2) is 0 Å². The van der Waals surface area contributed by atoms with Crippen molar-refractivity contribution in [2.45, 2.75) is 155 Å². The Morgan fingerprint density at radius 3 is 1.77 bits per heavy atom. The normalized spacial score (nSPS) is 16.7. The van der Waals surface area contributed by atoms with Crippen molar-refractivity contribution in [2.75, 3.05) is 20.1 Å². The molecular weight excluding hydrogens is 573 g/mol. The van der Waals surface area contributed by atoms with E-state index >= 15 is 0 Å². The van der Waals surface area contributed by atoms with Gasteiger partial charge in [0.1, 0.15) is 0 Å². The van der Waals surface area contributed by atoms with E-state index in [-0.39, 0.29) is 32.5 Å². The molecule has 0 spiro atoms. The summed E-state index contributed by atoms with van der Waals surface area (Å²) in [4.78, 5) is 0. The number of nitrogens with zero attached hydrogens (tertiary/aromatic N) is 1. The van der Waals surface area contributed by atoms with Crippen LogP contribution in [0.5, 0.6) is 0 Å². The number of nitriles is 1. The van der Waals surface area contributed by atoms with Crippen molar-refractivity contribution in [1.82, 2.24) is 16.0 Å². The van der Waals surface area contributed by atoms with Crippen molar-refractivity contribution in [3.05, 3.63) is 49.5 Å². The van der Waals surface area contributed by atoms with E-state index in [1.54, 1.807) is 0 Å². The Balaban J connectivity index is 6.85. The highest BCUT2D eigenvalue weighted by atomic mass is 14.9. The number of nitrogens with one attached hydrogen (secondary N) is 3. The molecule has 4 heteroatoms. The summed E-state index contributed by atoms with van der Waals surface area (Å²) in [5.74, 6) is 0.674. The van der Waals surface area contributed by atoms with Crippen LogP contribution in [0, 0.1) is 55.2 Å². The van der Waals surface area contributed by atoms with Gasteiger partial charge in [0, 0.05) is 54.5 Å². The van der Waals surface area contributed by atoms with Gasteiger partial charge in [0.15, 0.2) is 0 Å². The Morgan fingerprint density at radius 2 is 1.30 bits per heavy atom. The average molecular weight is 653 g/mol. The molecule has 0 amide bonds. The van der Waals surface area contributed by atoms with Crippen molar-refractivity contribution < 1.29 is 0 Å². The van der Waals surface area contributed by atoms with Crippen LogP contribution in [-0.2, 0) is 0 Å². The van der Waals surface area contributed by atoms with Crippen LogP contribution in [-0.4, -0.2) is 20.1 Å². The fraction of sp³-hybridized carbons (Fsp3) is 0.791. The number of rotatable bonds is 25. The van der Waals surface area contributed by atoms with Gasteiger partial charge in [-0.1, -0.05) is 122 Å². The Hall–Kier alpha value is -2.15. The summed E-state index contributed by atoms with van der Waals surface area (Å²) in [6.07, 6.45) is 10.8. The predicted octanol–water partition coefficient (Wildman–Crippen LogP) is 11.9. The molecule has 0 aromatic rings. The van der Waals surface area contributed by atoms with Gasteiger partial charge in [-0.2, -0.15) is 5.26 Å². The molecule has 4 nitrogen and oxygen atoms in total. The summed E-state index contributed by atoms with van der Waals surface area (Å²) in [6, 6.07) is 2.79. The summed E-state index contributed by atoms with van der Waals surface area (Å²) in [6.45, 7) is 52.2. The van der Waals surface area contributed by atoms with E-state index in [1.165, 1.54) is 6.42 Å². The van der Waals surface area contributed by atoms with Crippen molar-refractivity contribution in [3.63, 3.8) is 0 Å². The van der Waals surface area contributed by atoms with E-state index in [4.69, 9.17) is 13.2 Å². The summed E-state index contributed by atoms with van der Waals surface area (Å²) in [7, 11) is 1.93. The highest BCUT2D eigenvalue weighted by Gasteiger charge is 2.57. The van der Waals surface area contributed by atoms with Gasteiger partial charge in [0.25, 0.3) is 0 Å². The van der Waals surface area contributed by atoms with Gasteiger partial charge in [-0.15, -0.1) is 6.58 Å². The lowest BCUT2D eigenvalue weighted by Crippen LogP contribution is -2.53. The van der Waals surface area contributed by atoms with Gasteiger partial charge in [0.05, 0.1) is 11.5 Å². The first-order valence-corrected chi connectivity index (χ1v) is 18.5. The molecule has 0 saturated heterocycles. The van der Waals surface area contributed by atoms with Crippen LogP contribution in [0.15, 0.2) is 49.5 Å². The number of hydrogen-bond acceptors (Lipinski definition) is 4. The Bertz CT molecular complexity index is 1080. The zero-order valence-corrected chi connectivity index (χ0v) is 34.2. The molecule has 0 aliphatic heterocycles. The monoisotopic (exact) mass is 653 g/mol. The SMILES string of the molecule is C=CCCC(C)(C#N)C(C)(C)C(C)(CC(C)(C)CC(C)(C)C(C)(CC(C)(C)CC)C(=C)NCCC(=C)NC)C(=C)NCCCC(C)C. The van der Waals surface area contributed by atoms with E-state index in [0.29, 0.717) is 5.92 Å². The molecule has 3 N–H and O–H groups in total. The van der Waals surface area contributed by atoms with E-state index in [1.807, 2.05) is 13.1 Å². The topological polar surface area (TPSA) is 59.9 Å². The molecule has 0 aliphatic carbocycles. The molecule has 0 heterocycles. The molecule has 0 aromatic carbocycles. The Kier molecular flexibility index (Phi) is 16.7. The van der Waals surface area contributed by atoms with Crippen molar-refractivity contribution in [2.24, 2.45) is 43.8 Å². The molecule has 3 atom stereocenters. The molecule has 0 bridgehead atoms. The van der Waals surface area contributed by atoms with Crippen LogP contribution < -0.4 is 16.0 Å². The molecule has 3 unspecified atom stereocenters. The third-order valence-corrected chi connectivity index (χ3v) is 12.6. The molecule has 0 aliphatic rings. The van der Waals surface area contributed by atoms with Crippen molar-refractivity contribution >= 4 is 0 Å². The van der Waals surface area contributed by atoms with Crippen LogP contribution >= 0.6 is 0 Å². The molecular formula is C43H80N4. The molecule has 0 fully saturated rings. The minimum atomic E-state index is -0.556. The summed E-state index contributed by atoms with van der Waals surface area (Å²) in [5.41, 5.74) is 1.79. The van der Waals surface area contributed by atoms with Gasteiger partial charge >= 0.3 is 0 Å². The zero-order chi connectivity index (χ0) is 37.1. The van der Waals surface area contributed by atoms with Crippen LogP contribution in [0.1, 0.15) is 155 Å². The first-order chi connectivity index (χ1) is 21.3. The second-order valence-corrected chi connectivity index (χ2v) is 18.6. The van der Waals surface area contributed by atoms with Gasteiger partial charge in [-0.3, -0.25) is 0 Å². The van der Waals surface area contributed by atoms with Crippen LogP contribution in [0.3, 0.4) is 0 Å². The average Bonchev–Trinajstić information content (AvgIpc) is 2.95. The lowest BCUT2D eigenvalue weighted by atomic mass is 9.47. The molecule has 0 saturated carbocycles. The molecule has 0 rings (SSSR count). The lowest BCUT2D eigenvalue weighted by molar-refractivity contribution is -0.0415. The van der Waals surface area contributed by atoms with Gasteiger partial charge in [0.2, 0.25) is 0 Å². The first kappa shape index (κ1) is 44.9. The maximum atomic E-state index is 10.7. The number of allylic oxidation sites excluding steroid dienone is 3. The summed E-state index contributed by atoms with van der Waals surface area (Å²) >= 11 is 0. The standard InChI is InChI=1S/C43H80N4/c1-20-22-26-41(16,32-44)40(14,15)43(18,36(7)46-27-23-24-33(3)4)31-38(10,11)29-39(12,13)42(17,30-37(8,9)21-2)35(6)47-28-25-34(5)45-19/h20,33,45-47H,1,5-7,21-31H2,2-4,8-19H3. The largest absolute Gasteiger partial charge is 0.392 e. The molecule has 47 heavy (non-hydrogen) atoms. The minimum Gasteiger partial charge on any atom is -0.392 e. The second-order valence-electron chi connectivity index (χ2n) is 18.6. The smallest absolute Gasteiger partial charge is 0.0692 e. The maximum absolute atomic E-state index is 10.7. The Labute approximate surface area is 294 Å². The molecule has 0 aromatic heterocycles. The van der Waals surface area contributed by atoms with Crippen LogP contribution in [0.2, 0.25) is 0 Å². The van der Waals surface area contributed by atoms with Gasteiger partial charge < -0.3 is 16.0 Å². The maximum Gasteiger partial charge on any atom is 0.0692 e. The summed E-state index contributed by atoms with van der Waals surface area (Å²) in [5, 5.41) is 21.4. The van der Waals surface area contributed by atoms with E-state index in [2.05, 4.69) is 132 Å². The highest BCUT2D eigenvalue weighted by Crippen LogP contribution is 2.62. The molecule has 272 valence electrons. The fourth-order valence-electron chi connectivity index (χ4n) is 8.09. The first-order valence-electron chi connectivity index (χ1n) is 18.5. The number of hydrogen-bond donors (Lipinski definition) is 3. The van der Waals surface area contributed by atoms with Crippen LogP contribution in [0.4, 0.5) is 0 Å². The van der Waals surface area contributed by atoms with E-state index in [0.717, 1.165) is 81.5 Å². The van der Waals surface area contributed by atoms with E-state index in [9.17, 15) is 5.26 Å². The van der Waals surface area contributed by atoms with Crippen molar-refractivity contribution in [1.29, 1.82) is 5.26 Å². The fourth-order valence-corrected chi connectivity index (χ4v) is 8.09. The lowest BCUT2D eigenvalue weighted by Gasteiger charge is -2.57. The van der Waals surface area contributed by atoms with Gasteiger partial charge in [-0.05, 0) is 79.4 Å². The predicted molar refractivity (Wildman–Crippen MR) is 210 cm³/mol. The quantitative estimate of drug-likeness (QED) is 0.0678. The minimum absolute atomic E-state index is 0.0643. The molecule has 0 radical (unpaired) electrons. The second kappa shape index (κ2) is 17.5. The third kappa shape index (κ3) is 11.7. The Morgan fingerprint density at radius 1 is 0.787 bits per heavy atom. The third-order valence-electron chi connectivity index (χ3n) is 12.6. The van der Waals surface area contributed by atoms with Crippen LogP contribution in [0.25, 0.3) is 0 Å². The van der Waals surface area contributed by atoms with Crippen molar-refractivity contribution in [3.8, 4) is 6.07 Å². The summed E-state index contributed by atoms with van der Waals surface area (Å²) < 4.78 is 0. The highest BCUT2D eigenvalue weighted by molar-refractivity contribution is 5.22. The zero-order valence-electron chi connectivity index (χ0n) is 34.2. The van der Waals surface area contributed by atoms with E-state index < -0.39 is 5.41 Å².